The van der Waals surface area contributed by atoms with E-state index in [0.717, 1.165) is 0 Å². The summed E-state index contributed by atoms with van der Waals surface area (Å²) < 4.78 is 9.74. The Morgan fingerprint density at radius 3 is 2.43 bits per heavy atom. The summed E-state index contributed by atoms with van der Waals surface area (Å²) in [6.45, 7) is 8.67. The Balaban J connectivity index is 2.86. The van der Waals surface area contributed by atoms with Gasteiger partial charge in [0.1, 0.15) is 11.7 Å². The van der Waals surface area contributed by atoms with Crippen LogP contribution in [0.3, 0.4) is 0 Å². The quantitative estimate of drug-likeness (QED) is 0.580. The van der Waals surface area contributed by atoms with Gasteiger partial charge in [-0.2, -0.15) is 0 Å². The van der Waals surface area contributed by atoms with Crippen LogP contribution >= 0.6 is 0 Å². The second-order valence-electron chi connectivity index (χ2n) is 6.05. The van der Waals surface area contributed by atoms with Gasteiger partial charge in [-0.15, -0.1) is 0 Å². The standard InChI is InChI=1S/C14H23NO6/c1-8(12(18)20-5)11(17)10-6-9(16)7-15(10)13(19)21-14(2,3)4/h9-11,16-17H,1,6-7H2,2-5H3/t9-,10-,11+/m0/s1. The molecule has 0 aromatic heterocycles. The molecule has 1 rings (SSSR count). The van der Waals surface area contributed by atoms with Gasteiger partial charge in [-0.05, 0) is 27.2 Å². The number of rotatable bonds is 3. The summed E-state index contributed by atoms with van der Waals surface area (Å²) in [4.78, 5) is 24.8. The number of β-amino-alcohol motifs (C(OH)–C–C–N with tert-alkyl or cyclic N) is 1. The highest BCUT2D eigenvalue weighted by molar-refractivity contribution is 5.89. The smallest absolute Gasteiger partial charge is 0.410 e. The molecule has 0 aliphatic carbocycles. The van der Waals surface area contributed by atoms with Crippen LogP contribution in [0.2, 0.25) is 0 Å². The van der Waals surface area contributed by atoms with E-state index in [1.807, 2.05) is 0 Å². The van der Waals surface area contributed by atoms with Gasteiger partial charge in [-0.3, -0.25) is 4.90 Å². The Morgan fingerprint density at radius 2 is 1.95 bits per heavy atom. The van der Waals surface area contributed by atoms with Crippen molar-refractivity contribution < 1.29 is 29.3 Å². The molecule has 21 heavy (non-hydrogen) atoms. The topological polar surface area (TPSA) is 96.3 Å². The minimum absolute atomic E-state index is 0.0328. The number of methoxy groups -OCH3 is 1. The van der Waals surface area contributed by atoms with Crippen LogP contribution in [-0.4, -0.2) is 64.7 Å². The van der Waals surface area contributed by atoms with Crippen molar-refractivity contribution in [3.8, 4) is 0 Å². The van der Waals surface area contributed by atoms with Crippen molar-refractivity contribution >= 4 is 12.1 Å². The first kappa shape index (κ1) is 17.5. The van der Waals surface area contributed by atoms with Crippen LogP contribution in [0, 0.1) is 0 Å². The fourth-order valence-corrected chi connectivity index (χ4v) is 2.16. The van der Waals surface area contributed by atoms with Crippen molar-refractivity contribution in [1.29, 1.82) is 0 Å². The molecule has 1 fully saturated rings. The summed E-state index contributed by atoms with van der Waals surface area (Å²) in [7, 11) is 1.18. The molecule has 1 aliphatic heterocycles. The Labute approximate surface area is 124 Å². The summed E-state index contributed by atoms with van der Waals surface area (Å²) in [5.74, 6) is -0.756. The predicted molar refractivity (Wildman–Crippen MR) is 74.5 cm³/mol. The molecule has 1 aliphatic rings. The van der Waals surface area contributed by atoms with Crippen LogP contribution in [0.4, 0.5) is 4.79 Å². The molecule has 2 N–H and O–H groups in total. The highest BCUT2D eigenvalue weighted by Gasteiger charge is 2.42. The molecule has 0 aromatic rings. The van der Waals surface area contributed by atoms with Crippen LogP contribution < -0.4 is 0 Å². The minimum atomic E-state index is -1.32. The first-order valence-electron chi connectivity index (χ1n) is 6.69. The van der Waals surface area contributed by atoms with E-state index < -0.39 is 35.9 Å². The van der Waals surface area contributed by atoms with E-state index in [2.05, 4.69) is 11.3 Å². The maximum Gasteiger partial charge on any atom is 0.410 e. The number of amides is 1. The van der Waals surface area contributed by atoms with Gasteiger partial charge in [0.25, 0.3) is 0 Å². The molecule has 7 nitrogen and oxygen atoms in total. The summed E-state index contributed by atoms with van der Waals surface area (Å²) in [6, 6.07) is -0.776. The predicted octanol–water partition coefficient (Wildman–Crippen LogP) is 0.447. The number of nitrogens with zero attached hydrogens (tertiary/aromatic N) is 1. The van der Waals surface area contributed by atoms with Crippen molar-refractivity contribution in [2.75, 3.05) is 13.7 Å². The lowest BCUT2D eigenvalue weighted by Gasteiger charge is -2.30. The van der Waals surface area contributed by atoms with Crippen LogP contribution in [0.5, 0.6) is 0 Å². The summed E-state index contributed by atoms with van der Waals surface area (Å²) in [5.41, 5.74) is -0.857. The third-order valence-corrected chi connectivity index (χ3v) is 3.12. The van der Waals surface area contributed by atoms with Gasteiger partial charge < -0.3 is 19.7 Å². The molecule has 1 amide bonds. The molecule has 0 saturated carbocycles. The fourth-order valence-electron chi connectivity index (χ4n) is 2.16. The van der Waals surface area contributed by atoms with E-state index >= 15 is 0 Å². The van der Waals surface area contributed by atoms with E-state index in [0.29, 0.717) is 0 Å². The molecule has 0 unspecified atom stereocenters. The van der Waals surface area contributed by atoms with Gasteiger partial charge in [0.15, 0.2) is 0 Å². The van der Waals surface area contributed by atoms with Crippen molar-refractivity contribution in [3.63, 3.8) is 0 Å². The molecule has 120 valence electrons. The monoisotopic (exact) mass is 301 g/mol. The number of aliphatic hydroxyl groups is 2. The van der Waals surface area contributed by atoms with Gasteiger partial charge >= 0.3 is 12.1 Å². The van der Waals surface area contributed by atoms with E-state index in [-0.39, 0.29) is 18.5 Å². The Kier molecular flexibility index (Phi) is 5.36. The third-order valence-electron chi connectivity index (χ3n) is 3.12. The molecule has 7 heteroatoms. The number of carbonyl (C=O) groups is 2. The Bertz CT molecular complexity index is 428. The van der Waals surface area contributed by atoms with Gasteiger partial charge in [-0.25, -0.2) is 9.59 Å². The average molecular weight is 301 g/mol. The van der Waals surface area contributed by atoms with Crippen molar-refractivity contribution in [1.82, 2.24) is 4.90 Å². The van der Waals surface area contributed by atoms with Crippen LogP contribution in [0.15, 0.2) is 12.2 Å². The lowest BCUT2D eigenvalue weighted by Crippen LogP contribution is -2.46. The van der Waals surface area contributed by atoms with Crippen molar-refractivity contribution in [2.45, 2.75) is 51.0 Å². The molecule has 0 bridgehead atoms. The number of ether oxygens (including phenoxy) is 2. The zero-order valence-corrected chi connectivity index (χ0v) is 12.8. The number of carbonyl (C=O) groups excluding carboxylic acids is 2. The van der Waals surface area contributed by atoms with Crippen LogP contribution in [0.1, 0.15) is 27.2 Å². The van der Waals surface area contributed by atoms with E-state index in [1.54, 1.807) is 20.8 Å². The van der Waals surface area contributed by atoms with E-state index in [4.69, 9.17) is 4.74 Å². The SMILES string of the molecule is C=C(C(=O)OC)[C@@H](O)[C@@H]1C[C@H](O)CN1C(=O)OC(C)(C)C. The molecule has 0 radical (unpaired) electrons. The normalized spacial score (nSPS) is 23.6. The second-order valence-corrected chi connectivity index (χ2v) is 6.05. The van der Waals surface area contributed by atoms with Crippen LogP contribution in [-0.2, 0) is 14.3 Å². The van der Waals surface area contributed by atoms with Crippen molar-refractivity contribution in [2.24, 2.45) is 0 Å². The summed E-state index contributed by atoms with van der Waals surface area (Å²) >= 11 is 0. The number of esters is 1. The fraction of sp³-hybridized carbons (Fsp3) is 0.714. The van der Waals surface area contributed by atoms with Gasteiger partial charge in [0, 0.05) is 0 Å². The maximum absolute atomic E-state index is 12.1. The Hall–Kier alpha value is -1.60. The summed E-state index contributed by atoms with van der Waals surface area (Å²) in [6.07, 6.45) is -2.62. The first-order chi connectivity index (χ1) is 9.56. The molecule has 3 atom stereocenters. The highest BCUT2D eigenvalue weighted by Crippen LogP contribution is 2.26. The van der Waals surface area contributed by atoms with Gasteiger partial charge in [-0.1, -0.05) is 6.58 Å². The lowest BCUT2D eigenvalue weighted by atomic mass is 10.0. The van der Waals surface area contributed by atoms with Crippen LogP contribution in [0.25, 0.3) is 0 Å². The molecule has 0 spiro atoms. The van der Waals surface area contributed by atoms with Crippen molar-refractivity contribution in [3.05, 3.63) is 12.2 Å². The van der Waals surface area contributed by atoms with E-state index in [9.17, 15) is 19.8 Å². The molecule has 1 saturated heterocycles. The number of aliphatic hydroxyl groups excluding tert-OH is 2. The van der Waals surface area contributed by atoms with Gasteiger partial charge in [0.05, 0.1) is 31.4 Å². The zero-order valence-electron chi connectivity index (χ0n) is 12.8. The Morgan fingerprint density at radius 1 is 1.38 bits per heavy atom. The molecular weight excluding hydrogens is 278 g/mol. The van der Waals surface area contributed by atoms with E-state index in [1.165, 1.54) is 12.0 Å². The number of hydrogen-bond donors (Lipinski definition) is 2. The number of hydrogen-bond acceptors (Lipinski definition) is 6. The lowest BCUT2D eigenvalue weighted by molar-refractivity contribution is -0.137. The molecule has 1 heterocycles. The minimum Gasteiger partial charge on any atom is -0.466 e. The largest absolute Gasteiger partial charge is 0.466 e. The number of likely N-dealkylation sites (tertiary alicyclic amines) is 1. The van der Waals surface area contributed by atoms with Gasteiger partial charge in [0.2, 0.25) is 0 Å². The third kappa shape index (κ3) is 4.44. The highest BCUT2D eigenvalue weighted by atomic mass is 16.6. The average Bonchev–Trinajstić information content (AvgIpc) is 2.76. The molecular formula is C14H23NO6. The first-order valence-corrected chi connectivity index (χ1v) is 6.69. The second kappa shape index (κ2) is 6.44. The zero-order chi connectivity index (χ0) is 16.4. The summed E-state index contributed by atoms with van der Waals surface area (Å²) in [5, 5.41) is 19.9. The maximum atomic E-state index is 12.1. The molecule has 0 aromatic carbocycles.